The summed E-state index contributed by atoms with van der Waals surface area (Å²) < 4.78 is 2.29. The summed E-state index contributed by atoms with van der Waals surface area (Å²) in [6.45, 7) is 5.46. The van der Waals surface area contributed by atoms with Gasteiger partial charge >= 0.3 is 0 Å². The van der Waals surface area contributed by atoms with Crippen molar-refractivity contribution in [2.24, 2.45) is 4.99 Å². The summed E-state index contributed by atoms with van der Waals surface area (Å²) in [5.41, 5.74) is 0. The Morgan fingerprint density at radius 2 is 1.21 bits per heavy atom. The van der Waals surface area contributed by atoms with E-state index in [4.69, 9.17) is 0 Å². The number of aliphatic imine (C=N–C) groups is 1. The van der Waals surface area contributed by atoms with Gasteiger partial charge in [0.2, 0.25) is 0 Å². The van der Waals surface area contributed by atoms with Gasteiger partial charge in [0.1, 0.15) is 6.54 Å². The van der Waals surface area contributed by atoms with Crippen LogP contribution in [0.15, 0.2) is 35.6 Å². The van der Waals surface area contributed by atoms with Crippen LogP contribution in [0.4, 0.5) is 0 Å². The van der Waals surface area contributed by atoms with E-state index in [1.807, 2.05) is 0 Å². The number of nitrogens with zero attached hydrogens (tertiary/aromatic N) is 2. The Morgan fingerprint density at radius 1 is 0.714 bits per heavy atom. The highest BCUT2D eigenvalue weighted by Crippen LogP contribution is 2.12. The third-order valence-electron chi connectivity index (χ3n) is 5.11. The van der Waals surface area contributed by atoms with Gasteiger partial charge in [-0.3, -0.25) is 4.99 Å². The van der Waals surface area contributed by atoms with Crippen LogP contribution >= 0.6 is 0 Å². The Bertz CT molecular complexity index is 431. The van der Waals surface area contributed by atoms with Gasteiger partial charge in [0.15, 0.2) is 12.4 Å². The van der Waals surface area contributed by atoms with Crippen molar-refractivity contribution in [1.82, 2.24) is 5.32 Å². The number of hydrogen-bond donors (Lipinski definition) is 1. The minimum Gasteiger partial charge on any atom is -1.00 e. The fourth-order valence-electron chi connectivity index (χ4n) is 3.40. The van der Waals surface area contributed by atoms with Gasteiger partial charge in [-0.25, -0.2) is 4.57 Å². The first-order valence-corrected chi connectivity index (χ1v) is 11.6. The average Bonchev–Trinajstić information content (AvgIpc) is 3.29. The Kier molecular flexibility index (Phi) is 21.3. The summed E-state index contributed by atoms with van der Waals surface area (Å²) in [5, 5.41) is 2.93. The van der Waals surface area contributed by atoms with Gasteiger partial charge in [-0.15, -0.1) is 0 Å². The van der Waals surface area contributed by atoms with Gasteiger partial charge in [0, 0.05) is 25.1 Å². The molecule has 0 bridgehead atoms. The molecule has 1 aromatic rings. The molecule has 0 saturated heterocycles. The number of nitrogens with one attached hydrogen (secondary N) is 1. The minimum absolute atomic E-state index is 0. The van der Waals surface area contributed by atoms with Crippen LogP contribution in [0.5, 0.6) is 0 Å². The molecule has 0 unspecified atom stereocenters. The van der Waals surface area contributed by atoms with Gasteiger partial charge < -0.3 is 17.7 Å². The van der Waals surface area contributed by atoms with Crippen LogP contribution in [0.3, 0.4) is 0 Å². The highest BCUT2D eigenvalue weighted by atomic mass is 35.5. The van der Waals surface area contributed by atoms with Crippen molar-refractivity contribution in [1.29, 1.82) is 0 Å². The summed E-state index contributed by atoms with van der Waals surface area (Å²) in [4.78, 5) is 3.85. The zero-order valence-electron chi connectivity index (χ0n) is 18.3. The predicted molar refractivity (Wildman–Crippen MR) is 118 cm³/mol. The fraction of sp³-hybridized carbons (Fsp3) is 0.750. The molecule has 0 aromatic carbocycles. The van der Waals surface area contributed by atoms with Crippen molar-refractivity contribution in [3.63, 3.8) is 0 Å². The molecule has 3 nitrogen and oxygen atoms in total. The Balaban J connectivity index is 0.00000105. The summed E-state index contributed by atoms with van der Waals surface area (Å²) >= 11 is 0. The molecule has 0 saturated carbocycles. The second-order valence-corrected chi connectivity index (χ2v) is 7.70. The SMILES string of the molecule is C1=NCCN1.CCCCCCCCCCCCCCCC[n+]1ccccc1.[Cl-]. The van der Waals surface area contributed by atoms with E-state index in [1.165, 1.54) is 96.4 Å². The van der Waals surface area contributed by atoms with Crippen molar-refractivity contribution >= 4 is 6.34 Å². The maximum atomic E-state index is 3.85. The number of rotatable bonds is 15. The van der Waals surface area contributed by atoms with E-state index in [0.29, 0.717) is 0 Å². The first-order valence-electron chi connectivity index (χ1n) is 11.6. The number of unbranched alkanes of at least 4 members (excludes halogenated alkanes) is 13. The highest BCUT2D eigenvalue weighted by molar-refractivity contribution is 5.56. The van der Waals surface area contributed by atoms with E-state index in [9.17, 15) is 0 Å². The molecule has 0 atom stereocenters. The second kappa shape index (κ2) is 22.2. The number of pyridine rings is 1. The van der Waals surface area contributed by atoms with Crippen molar-refractivity contribution in [2.45, 2.75) is 103 Å². The molecule has 2 heterocycles. The van der Waals surface area contributed by atoms with E-state index in [1.54, 1.807) is 6.34 Å². The largest absolute Gasteiger partial charge is 1.00 e. The van der Waals surface area contributed by atoms with Crippen LogP contribution in [-0.4, -0.2) is 19.4 Å². The molecule has 28 heavy (non-hydrogen) atoms. The second-order valence-electron chi connectivity index (χ2n) is 7.70. The molecule has 2 rings (SSSR count). The summed E-state index contributed by atoms with van der Waals surface area (Å²) in [5.74, 6) is 0. The van der Waals surface area contributed by atoms with Crippen LogP contribution in [0.2, 0.25) is 0 Å². The molecule has 1 N–H and O–H groups in total. The minimum atomic E-state index is 0. The quantitative estimate of drug-likeness (QED) is 0.350. The molecule has 162 valence electrons. The summed E-state index contributed by atoms with van der Waals surface area (Å²) in [6.07, 6.45) is 26.2. The zero-order chi connectivity index (χ0) is 19.3. The van der Waals surface area contributed by atoms with Crippen LogP contribution in [0.1, 0.15) is 96.8 Å². The maximum absolute atomic E-state index is 3.85. The number of halogens is 1. The first-order chi connectivity index (χ1) is 13.4. The molecule has 0 aliphatic carbocycles. The standard InChI is InChI=1S/C21H38N.C3H6N2.ClH/c1-2-3-4-5-6-7-8-9-10-11-12-13-14-16-19-22-20-17-15-18-21-22;1-2-5-3-4-1;/h15,17-18,20-21H,2-14,16,19H2,1H3;3H,1-2H2,(H,4,5);1H/q+1;;/p-1. The molecule has 0 fully saturated rings. The molecule has 0 amide bonds. The van der Waals surface area contributed by atoms with E-state index in [-0.39, 0.29) is 12.4 Å². The molecule has 1 aliphatic rings. The van der Waals surface area contributed by atoms with Gasteiger partial charge in [-0.05, 0) is 6.42 Å². The Hall–Kier alpha value is -1.09. The lowest BCUT2D eigenvalue weighted by Crippen LogP contribution is -3.00. The Labute approximate surface area is 180 Å². The van der Waals surface area contributed by atoms with E-state index >= 15 is 0 Å². The fourth-order valence-corrected chi connectivity index (χ4v) is 3.40. The smallest absolute Gasteiger partial charge is 0.168 e. The molecule has 4 heteroatoms. The molecular weight excluding hydrogens is 366 g/mol. The predicted octanol–water partition coefficient (Wildman–Crippen LogP) is 3.08. The zero-order valence-corrected chi connectivity index (χ0v) is 19.0. The number of hydrogen-bond acceptors (Lipinski definition) is 2. The van der Waals surface area contributed by atoms with Crippen LogP contribution in [-0.2, 0) is 6.54 Å². The van der Waals surface area contributed by atoms with Crippen molar-refractivity contribution in [2.75, 3.05) is 13.1 Å². The van der Waals surface area contributed by atoms with Crippen LogP contribution in [0.25, 0.3) is 0 Å². The van der Waals surface area contributed by atoms with Crippen LogP contribution in [0, 0.1) is 0 Å². The molecule has 0 radical (unpaired) electrons. The lowest BCUT2D eigenvalue weighted by Gasteiger charge is -2.02. The number of aromatic nitrogens is 1. The monoisotopic (exact) mass is 409 g/mol. The highest BCUT2D eigenvalue weighted by Gasteiger charge is 1.98. The van der Waals surface area contributed by atoms with Gasteiger partial charge in [0.25, 0.3) is 0 Å². The average molecular weight is 410 g/mol. The third kappa shape index (κ3) is 18.3. The summed E-state index contributed by atoms with van der Waals surface area (Å²) in [6, 6.07) is 6.31. The lowest BCUT2D eigenvalue weighted by molar-refractivity contribution is -0.697. The Morgan fingerprint density at radius 3 is 1.61 bits per heavy atom. The normalized spacial score (nSPS) is 12.0. The topological polar surface area (TPSA) is 28.3 Å². The van der Waals surface area contributed by atoms with Crippen molar-refractivity contribution < 1.29 is 17.0 Å². The van der Waals surface area contributed by atoms with Gasteiger partial charge in [0.05, 0.1) is 12.9 Å². The molecule has 1 aliphatic heterocycles. The van der Waals surface area contributed by atoms with E-state index < -0.39 is 0 Å². The van der Waals surface area contributed by atoms with Crippen LogP contribution < -0.4 is 22.3 Å². The molecule has 0 spiro atoms. The molecule has 1 aromatic heterocycles. The lowest BCUT2D eigenvalue weighted by atomic mass is 10.0. The van der Waals surface area contributed by atoms with E-state index in [0.717, 1.165) is 13.1 Å². The summed E-state index contributed by atoms with van der Waals surface area (Å²) in [7, 11) is 0. The third-order valence-corrected chi connectivity index (χ3v) is 5.11. The van der Waals surface area contributed by atoms with Gasteiger partial charge in [-0.2, -0.15) is 0 Å². The molecular formula is C24H44ClN3. The van der Waals surface area contributed by atoms with E-state index in [2.05, 4.69) is 52.4 Å². The number of aryl methyl sites for hydroxylation is 1. The maximum Gasteiger partial charge on any atom is 0.168 e. The van der Waals surface area contributed by atoms with Gasteiger partial charge in [-0.1, -0.05) is 90.0 Å². The van der Waals surface area contributed by atoms with Crippen molar-refractivity contribution in [3.8, 4) is 0 Å². The van der Waals surface area contributed by atoms with Crippen molar-refractivity contribution in [3.05, 3.63) is 30.6 Å². The first kappa shape index (κ1) is 26.9.